The molecule has 10 heteroatoms. The summed E-state index contributed by atoms with van der Waals surface area (Å²) in [5.74, 6) is -0.367. The van der Waals surface area contributed by atoms with Crippen LogP contribution in [0.4, 0.5) is 29.3 Å². The Bertz CT molecular complexity index is 1220. The third-order valence-electron chi connectivity index (χ3n) is 5.91. The largest absolute Gasteiger partial charge is 0.573 e. The molecule has 5 nitrogen and oxygen atoms in total. The maximum Gasteiger partial charge on any atom is 0.573 e. The number of anilines is 2. The van der Waals surface area contributed by atoms with Crippen molar-refractivity contribution in [1.29, 1.82) is 0 Å². The Hall–Kier alpha value is -2.94. The SMILES string of the molecule is O=C1N(c2ccc(Cl)cc2)C(c2cccc(OC(F)(F)F)c2)C2(COC2)N1c1ccc(Cl)cc1. The molecule has 2 saturated heterocycles. The van der Waals surface area contributed by atoms with Crippen molar-refractivity contribution in [3.63, 3.8) is 0 Å². The molecule has 0 aliphatic carbocycles. The first-order valence-corrected chi connectivity index (χ1v) is 11.0. The fourth-order valence-electron chi connectivity index (χ4n) is 4.53. The van der Waals surface area contributed by atoms with Crippen molar-refractivity contribution in [2.45, 2.75) is 17.9 Å². The van der Waals surface area contributed by atoms with Crippen LogP contribution < -0.4 is 14.5 Å². The summed E-state index contributed by atoms with van der Waals surface area (Å²) in [6.45, 7) is 0.390. The minimum atomic E-state index is -4.84. The molecule has 1 atom stereocenters. The summed E-state index contributed by atoms with van der Waals surface area (Å²) in [6.07, 6.45) is -4.84. The van der Waals surface area contributed by atoms with Gasteiger partial charge in [0.2, 0.25) is 0 Å². The molecule has 2 amide bonds. The van der Waals surface area contributed by atoms with E-state index in [1.165, 1.54) is 18.2 Å². The van der Waals surface area contributed by atoms with Gasteiger partial charge in [-0.2, -0.15) is 0 Å². The molecule has 2 aliphatic rings. The van der Waals surface area contributed by atoms with Gasteiger partial charge in [-0.15, -0.1) is 13.2 Å². The van der Waals surface area contributed by atoms with Crippen molar-refractivity contribution in [2.75, 3.05) is 23.0 Å². The lowest BCUT2D eigenvalue weighted by Gasteiger charge is -2.47. The molecule has 2 aliphatic heterocycles. The van der Waals surface area contributed by atoms with Crippen LogP contribution >= 0.6 is 23.2 Å². The summed E-state index contributed by atoms with van der Waals surface area (Å²) in [4.78, 5) is 17.1. The molecule has 0 aromatic heterocycles. The third kappa shape index (κ3) is 3.96. The Morgan fingerprint density at radius 2 is 1.50 bits per heavy atom. The molecule has 2 heterocycles. The topological polar surface area (TPSA) is 42.0 Å². The van der Waals surface area contributed by atoms with Gasteiger partial charge in [0.25, 0.3) is 0 Å². The highest BCUT2D eigenvalue weighted by atomic mass is 35.5. The Balaban J connectivity index is 1.66. The van der Waals surface area contributed by atoms with E-state index in [-0.39, 0.29) is 25.0 Å². The van der Waals surface area contributed by atoms with Gasteiger partial charge in [0.05, 0.1) is 19.3 Å². The van der Waals surface area contributed by atoms with Crippen molar-refractivity contribution in [3.8, 4) is 5.75 Å². The van der Waals surface area contributed by atoms with Crippen molar-refractivity contribution < 1.29 is 27.4 Å². The van der Waals surface area contributed by atoms with Crippen molar-refractivity contribution >= 4 is 40.6 Å². The average Bonchev–Trinajstić information content (AvgIpc) is 3.03. The van der Waals surface area contributed by atoms with Crippen LogP contribution in [-0.2, 0) is 4.74 Å². The molecule has 0 N–H and O–H groups in total. The van der Waals surface area contributed by atoms with E-state index in [0.29, 0.717) is 27.0 Å². The number of hydrogen-bond acceptors (Lipinski definition) is 3. The lowest BCUT2D eigenvalue weighted by Crippen LogP contribution is -2.62. The molecule has 1 unspecified atom stereocenters. The summed E-state index contributed by atoms with van der Waals surface area (Å²) < 4.78 is 48.4. The van der Waals surface area contributed by atoms with Gasteiger partial charge in [-0.3, -0.25) is 9.80 Å². The Morgan fingerprint density at radius 3 is 2.03 bits per heavy atom. The van der Waals surface area contributed by atoms with Gasteiger partial charge in [-0.1, -0.05) is 35.3 Å². The molecule has 3 aromatic rings. The first-order valence-electron chi connectivity index (χ1n) is 10.3. The number of halogens is 5. The third-order valence-corrected chi connectivity index (χ3v) is 6.41. The lowest BCUT2D eigenvalue weighted by molar-refractivity contribution is -0.274. The molecular formula is C24H17Cl2F3N2O3. The maximum atomic E-state index is 13.9. The van der Waals surface area contributed by atoms with E-state index in [1.54, 1.807) is 64.4 Å². The van der Waals surface area contributed by atoms with Gasteiger partial charge >= 0.3 is 12.4 Å². The summed E-state index contributed by atoms with van der Waals surface area (Å²) in [5.41, 5.74) is 0.762. The van der Waals surface area contributed by atoms with E-state index >= 15 is 0 Å². The molecule has 176 valence electrons. The van der Waals surface area contributed by atoms with Crippen molar-refractivity contribution in [3.05, 3.63) is 88.4 Å². The zero-order valence-electron chi connectivity index (χ0n) is 17.4. The van der Waals surface area contributed by atoms with E-state index in [9.17, 15) is 18.0 Å². The summed E-state index contributed by atoms with van der Waals surface area (Å²) in [7, 11) is 0. The van der Waals surface area contributed by atoms with Gasteiger partial charge < -0.3 is 9.47 Å². The van der Waals surface area contributed by atoms with E-state index < -0.39 is 17.9 Å². The Labute approximate surface area is 203 Å². The van der Waals surface area contributed by atoms with Gasteiger partial charge in [-0.25, -0.2) is 4.79 Å². The quantitative estimate of drug-likeness (QED) is 0.387. The molecule has 5 rings (SSSR count). The number of rotatable bonds is 4. The van der Waals surface area contributed by atoms with Crippen LogP contribution in [0.5, 0.6) is 5.75 Å². The van der Waals surface area contributed by atoms with Gasteiger partial charge in [0.15, 0.2) is 0 Å². The minimum Gasteiger partial charge on any atom is -0.406 e. The zero-order chi connectivity index (χ0) is 24.1. The molecule has 0 saturated carbocycles. The second kappa shape index (κ2) is 8.37. The lowest BCUT2D eigenvalue weighted by atomic mass is 9.82. The number of ether oxygens (including phenoxy) is 2. The molecule has 2 fully saturated rings. The molecular weight excluding hydrogens is 492 g/mol. The zero-order valence-corrected chi connectivity index (χ0v) is 18.9. The highest BCUT2D eigenvalue weighted by Gasteiger charge is 2.63. The van der Waals surface area contributed by atoms with Crippen LogP contribution in [0.2, 0.25) is 10.0 Å². The minimum absolute atomic E-state index is 0.195. The van der Waals surface area contributed by atoms with E-state index in [0.717, 1.165) is 0 Å². The van der Waals surface area contributed by atoms with Crippen LogP contribution in [0.3, 0.4) is 0 Å². The molecule has 1 spiro atoms. The van der Waals surface area contributed by atoms with Crippen LogP contribution in [-0.4, -0.2) is 31.1 Å². The fourth-order valence-corrected chi connectivity index (χ4v) is 4.78. The van der Waals surface area contributed by atoms with E-state index in [1.807, 2.05) is 0 Å². The number of urea groups is 1. The van der Waals surface area contributed by atoms with Crippen LogP contribution in [0.15, 0.2) is 72.8 Å². The monoisotopic (exact) mass is 508 g/mol. The number of carbonyl (C=O) groups excluding carboxylic acids is 1. The molecule has 0 radical (unpaired) electrons. The smallest absolute Gasteiger partial charge is 0.406 e. The van der Waals surface area contributed by atoms with Crippen molar-refractivity contribution in [2.24, 2.45) is 0 Å². The Morgan fingerprint density at radius 1 is 0.912 bits per heavy atom. The number of nitrogens with zero attached hydrogens (tertiary/aromatic N) is 2. The molecule has 0 bridgehead atoms. The normalized spacial score (nSPS) is 19.4. The Kier molecular flexibility index (Phi) is 5.62. The predicted molar refractivity (Wildman–Crippen MR) is 123 cm³/mol. The first-order chi connectivity index (χ1) is 16.2. The van der Waals surface area contributed by atoms with Crippen LogP contribution in [0.25, 0.3) is 0 Å². The number of carbonyl (C=O) groups is 1. The highest BCUT2D eigenvalue weighted by molar-refractivity contribution is 6.31. The van der Waals surface area contributed by atoms with Gasteiger partial charge in [0.1, 0.15) is 11.3 Å². The van der Waals surface area contributed by atoms with Crippen molar-refractivity contribution in [1.82, 2.24) is 0 Å². The predicted octanol–water partition coefficient (Wildman–Crippen LogP) is 6.85. The second-order valence-corrected chi connectivity index (χ2v) is 8.93. The second-order valence-electron chi connectivity index (χ2n) is 8.06. The van der Waals surface area contributed by atoms with Crippen LogP contribution in [0, 0.1) is 0 Å². The van der Waals surface area contributed by atoms with Gasteiger partial charge in [0, 0.05) is 21.4 Å². The first kappa shape index (κ1) is 22.8. The maximum absolute atomic E-state index is 13.9. The van der Waals surface area contributed by atoms with Crippen LogP contribution in [0.1, 0.15) is 11.6 Å². The summed E-state index contributed by atoms with van der Waals surface area (Å²) in [5, 5.41) is 1.00. The van der Waals surface area contributed by atoms with E-state index in [4.69, 9.17) is 27.9 Å². The number of hydrogen-bond donors (Lipinski definition) is 0. The standard InChI is InChI=1S/C24H17Cl2F3N2O3/c25-16-4-8-18(9-5-16)30-21(15-2-1-3-20(12-15)34-24(27,28)29)23(13-33-14-23)31(22(30)32)19-10-6-17(26)7-11-19/h1-12,21H,13-14H2. The van der Waals surface area contributed by atoms with Gasteiger partial charge in [-0.05, 0) is 66.2 Å². The number of alkyl halides is 3. The fraction of sp³-hybridized carbons (Fsp3) is 0.208. The number of amides is 2. The number of benzene rings is 3. The summed E-state index contributed by atoms with van der Waals surface area (Å²) >= 11 is 12.1. The van der Waals surface area contributed by atoms with E-state index in [2.05, 4.69) is 4.74 Å². The average molecular weight is 509 g/mol. The highest BCUT2D eigenvalue weighted by Crippen LogP contribution is 2.51. The molecule has 34 heavy (non-hydrogen) atoms. The summed E-state index contributed by atoms with van der Waals surface area (Å²) in [6, 6.07) is 18.2. The molecule has 3 aromatic carbocycles.